The fourth-order valence-electron chi connectivity index (χ4n) is 7.14. The summed E-state index contributed by atoms with van der Waals surface area (Å²) in [7, 11) is 0. The molecule has 0 fully saturated rings. The standard InChI is InChI=1S/C48H34N2/c1-3-12-35(13-4-1)37-22-28-41(29-23-37)49(42-30-24-38(25-31-42)36-14-5-2-6-15-36)43-32-26-39(27-33-43)40-16-11-17-44(34-40)50-47-20-9-7-18-45(47)46-19-8-10-21-48(46)50/h1-34H. The van der Waals surface area contributed by atoms with Crippen LogP contribution in [-0.2, 0) is 0 Å². The van der Waals surface area contributed by atoms with E-state index in [0.29, 0.717) is 0 Å². The molecule has 0 amide bonds. The van der Waals surface area contributed by atoms with E-state index < -0.39 is 0 Å². The van der Waals surface area contributed by atoms with Crippen molar-refractivity contribution in [1.82, 2.24) is 4.57 Å². The molecule has 9 rings (SSSR count). The summed E-state index contributed by atoms with van der Waals surface area (Å²) in [4.78, 5) is 2.34. The first-order valence-corrected chi connectivity index (χ1v) is 17.1. The van der Waals surface area contributed by atoms with Crippen molar-refractivity contribution in [2.45, 2.75) is 0 Å². The number of para-hydroxylation sites is 2. The summed E-state index contributed by atoms with van der Waals surface area (Å²) in [6.07, 6.45) is 0. The second-order valence-electron chi connectivity index (χ2n) is 12.6. The zero-order chi connectivity index (χ0) is 33.3. The van der Waals surface area contributed by atoms with Crippen LogP contribution in [0.25, 0.3) is 60.9 Å². The van der Waals surface area contributed by atoms with E-state index in [2.05, 4.69) is 216 Å². The molecule has 0 aliphatic carbocycles. The molecule has 0 radical (unpaired) electrons. The van der Waals surface area contributed by atoms with Gasteiger partial charge in [-0.05, 0) is 94.0 Å². The predicted molar refractivity (Wildman–Crippen MR) is 212 cm³/mol. The first-order chi connectivity index (χ1) is 24.8. The van der Waals surface area contributed by atoms with Crippen LogP contribution in [0.15, 0.2) is 206 Å². The van der Waals surface area contributed by atoms with Crippen LogP contribution in [0.2, 0.25) is 0 Å². The second-order valence-corrected chi connectivity index (χ2v) is 12.6. The van der Waals surface area contributed by atoms with Crippen molar-refractivity contribution >= 4 is 38.9 Å². The third-order valence-corrected chi connectivity index (χ3v) is 9.61. The van der Waals surface area contributed by atoms with Crippen LogP contribution in [0.5, 0.6) is 0 Å². The Bertz CT molecular complexity index is 2410. The van der Waals surface area contributed by atoms with Gasteiger partial charge in [0.05, 0.1) is 11.0 Å². The summed E-state index contributed by atoms with van der Waals surface area (Å²) in [5, 5.41) is 2.54. The van der Waals surface area contributed by atoms with Gasteiger partial charge < -0.3 is 9.47 Å². The number of nitrogens with zero attached hydrogens (tertiary/aromatic N) is 2. The third kappa shape index (κ3) is 5.43. The Morgan fingerprint density at radius 3 is 1.10 bits per heavy atom. The molecule has 0 N–H and O–H groups in total. The van der Waals surface area contributed by atoms with Crippen LogP contribution in [0.1, 0.15) is 0 Å². The molecule has 0 saturated heterocycles. The fraction of sp³-hybridized carbons (Fsp3) is 0. The Morgan fingerprint density at radius 1 is 0.280 bits per heavy atom. The molecule has 0 aliphatic heterocycles. The molecular weight excluding hydrogens is 605 g/mol. The van der Waals surface area contributed by atoms with Crippen molar-refractivity contribution < 1.29 is 0 Å². The summed E-state index contributed by atoms with van der Waals surface area (Å²) < 4.78 is 2.38. The largest absolute Gasteiger partial charge is 0.311 e. The van der Waals surface area contributed by atoms with Crippen molar-refractivity contribution in [3.05, 3.63) is 206 Å². The van der Waals surface area contributed by atoms with Crippen molar-refractivity contribution in [2.24, 2.45) is 0 Å². The van der Waals surface area contributed by atoms with Crippen LogP contribution in [0.4, 0.5) is 17.1 Å². The molecule has 1 aromatic heterocycles. The summed E-state index contributed by atoms with van der Waals surface area (Å²) in [5.41, 5.74) is 14.1. The fourth-order valence-corrected chi connectivity index (χ4v) is 7.14. The monoisotopic (exact) mass is 638 g/mol. The quantitative estimate of drug-likeness (QED) is 0.169. The minimum absolute atomic E-state index is 1.10. The minimum atomic E-state index is 1.10. The Labute approximate surface area is 292 Å². The van der Waals surface area contributed by atoms with Crippen molar-refractivity contribution in [3.63, 3.8) is 0 Å². The molecular formula is C48H34N2. The molecule has 0 aliphatic rings. The molecule has 8 aromatic carbocycles. The Morgan fingerprint density at radius 2 is 0.640 bits per heavy atom. The molecule has 0 saturated carbocycles. The van der Waals surface area contributed by atoms with Crippen LogP contribution in [0, 0.1) is 0 Å². The Hall–Kier alpha value is -6.64. The van der Waals surface area contributed by atoms with Crippen molar-refractivity contribution in [1.29, 1.82) is 0 Å². The van der Waals surface area contributed by atoms with Gasteiger partial charge in [0.2, 0.25) is 0 Å². The van der Waals surface area contributed by atoms with E-state index in [-0.39, 0.29) is 0 Å². The maximum atomic E-state index is 2.38. The lowest BCUT2D eigenvalue weighted by atomic mass is 10.0. The Kier molecular flexibility index (Phi) is 7.53. The van der Waals surface area contributed by atoms with Gasteiger partial charge in [-0.15, -0.1) is 0 Å². The van der Waals surface area contributed by atoms with Crippen LogP contribution in [-0.4, -0.2) is 4.57 Å². The van der Waals surface area contributed by atoms with E-state index in [1.165, 1.54) is 55.2 Å². The summed E-state index contributed by atoms with van der Waals surface area (Å²) in [6.45, 7) is 0. The predicted octanol–water partition coefficient (Wildman–Crippen LogP) is 13.3. The smallest absolute Gasteiger partial charge is 0.0541 e. The molecule has 236 valence electrons. The van der Waals surface area contributed by atoms with Crippen LogP contribution in [0.3, 0.4) is 0 Å². The molecule has 50 heavy (non-hydrogen) atoms. The first-order valence-electron chi connectivity index (χ1n) is 17.1. The van der Waals surface area contributed by atoms with Gasteiger partial charge in [0.1, 0.15) is 0 Å². The first kappa shape index (κ1) is 29.5. The van der Waals surface area contributed by atoms with E-state index in [0.717, 1.165) is 22.7 Å². The van der Waals surface area contributed by atoms with Crippen LogP contribution >= 0.6 is 0 Å². The number of aromatic nitrogens is 1. The third-order valence-electron chi connectivity index (χ3n) is 9.61. The highest BCUT2D eigenvalue weighted by molar-refractivity contribution is 6.09. The number of benzene rings is 8. The SMILES string of the molecule is c1ccc(-c2ccc(N(c3ccc(-c4ccccc4)cc3)c3ccc(-c4cccc(-n5c6ccccc6c6ccccc65)c4)cc3)cc2)cc1. The highest BCUT2D eigenvalue weighted by atomic mass is 15.1. The maximum absolute atomic E-state index is 2.38. The van der Waals surface area contributed by atoms with Crippen molar-refractivity contribution in [2.75, 3.05) is 4.90 Å². The maximum Gasteiger partial charge on any atom is 0.0541 e. The molecule has 0 atom stereocenters. The van der Waals surface area contributed by atoms with Gasteiger partial charge in [-0.3, -0.25) is 0 Å². The summed E-state index contributed by atoms with van der Waals surface area (Å²) in [5.74, 6) is 0. The lowest BCUT2D eigenvalue weighted by Gasteiger charge is -2.26. The molecule has 1 heterocycles. The lowest BCUT2D eigenvalue weighted by molar-refractivity contribution is 1.18. The second kappa shape index (κ2) is 12.8. The van der Waals surface area contributed by atoms with Gasteiger partial charge in [0, 0.05) is 33.5 Å². The minimum Gasteiger partial charge on any atom is -0.311 e. The number of fused-ring (bicyclic) bond motifs is 3. The van der Waals surface area contributed by atoms with Gasteiger partial charge in [0.15, 0.2) is 0 Å². The van der Waals surface area contributed by atoms with E-state index in [1.54, 1.807) is 0 Å². The van der Waals surface area contributed by atoms with Gasteiger partial charge in [-0.1, -0.05) is 146 Å². The highest BCUT2D eigenvalue weighted by Gasteiger charge is 2.15. The average Bonchev–Trinajstić information content (AvgIpc) is 3.54. The van der Waals surface area contributed by atoms with Gasteiger partial charge in [-0.25, -0.2) is 0 Å². The summed E-state index contributed by atoms with van der Waals surface area (Å²) >= 11 is 0. The zero-order valence-corrected chi connectivity index (χ0v) is 27.5. The molecule has 2 heteroatoms. The topological polar surface area (TPSA) is 8.17 Å². The molecule has 9 aromatic rings. The number of hydrogen-bond acceptors (Lipinski definition) is 1. The lowest BCUT2D eigenvalue weighted by Crippen LogP contribution is -2.09. The summed E-state index contributed by atoms with van der Waals surface area (Å²) in [6, 6.07) is 74.0. The molecule has 0 spiro atoms. The van der Waals surface area contributed by atoms with E-state index in [4.69, 9.17) is 0 Å². The molecule has 0 bridgehead atoms. The van der Waals surface area contributed by atoms with Gasteiger partial charge in [-0.2, -0.15) is 0 Å². The normalized spacial score (nSPS) is 11.2. The highest BCUT2D eigenvalue weighted by Crippen LogP contribution is 2.38. The van der Waals surface area contributed by atoms with Crippen LogP contribution < -0.4 is 4.90 Å². The van der Waals surface area contributed by atoms with E-state index >= 15 is 0 Å². The number of anilines is 3. The number of hydrogen-bond donors (Lipinski definition) is 0. The Balaban J connectivity index is 1.09. The average molecular weight is 639 g/mol. The number of rotatable bonds is 7. The van der Waals surface area contributed by atoms with E-state index in [1.807, 2.05) is 0 Å². The van der Waals surface area contributed by atoms with Gasteiger partial charge in [0.25, 0.3) is 0 Å². The zero-order valence-electron chi connectivity index (χ0n) is 27.5. The molecule has 2 nitrogen and oxygen atoms in total. The van der Waals surface area contributed by atoms with Crippen molar-refractivity contribution in [3.8, 4) is 39.1 Å². The molecule has 0 unspecified atom stereocenters. The van der Waals surface area contributed by atoms with Gasteiger partial charge >= 0.3 is 0 Å². The van der Waals surface area contributed by atoms with E-state index in [9.17, 15) is 0 Å².